The van der Waals surface area contributed by atoms with E-state index >= 15 is 0 Å². The van der Waals surface area contributed by atoms with Crippen molar-refractivity contribution in [3.05, 3.63) is 81.6 Å². The highest BCUT2D eigenvalue weighted by atomic mass is 35.5. The van der Waals surface area contributed by atoms with E-state index < -0.39 is 0 Å². The van der Waals surface area contributed by atoms with Crippen molar-refractivity contribution in [3.63, 3.8) is 0 Å². The van der Waals surface area contributed by atoms with Crippen LogP contribution in [0.3, 0.4) is 0 Å². The van der Waals surface area contributed by atoms with E-state index in [4.69, 9.17) is 11.6 Å². The van der Waals surface area contributed by atoms with Crippen molar-refractivity contribution in [2.24, 2.45) is 0 Å². The molecule has 0 saturated carbocycles. The molecule has 134 valence electrons. The van der Waals surface area contributed by atoms with Gasteiger partial charge in [-0.25, -0.2) is 9.37 Å². The van der Waals surface area contributed by atoms with Gasteiger partial charge < -0.3 is 5.32 Å². The van der Waals surface area contributed by atoms with Crippen LogP contribution >= 0.6 is 34.7 Å². The molecule has 2 aromatic carbocycles. The lowest BCUT2D eigenvalue weighted by Crippen LogP contribution is -2.24. The summed E-state index contributed by atoms with van der Waals surface area (Å²) >= 11 is 9.16. The largest absolute Gasteiger partial charge is 0.352 e. The highest BCUT2D eigenvalue weighted by Gasteiger charge is 2.09. The van der Waals surface area contributed by atoms with Crippen molar-refractivity contribution in [2.45, 2.75) is 23.1 Å². The third-order valence-electron chi connectivity index (χ3n) is 3.58. The fourth-order valence-electron chi connectivity index (χ4n) is 2.22. The number of hydrogen-bond acceptors (Lipinski definition) is 4. The second-order valence-electron chi connectivity index (χ2n) is 5.56. The smallest absolute Gasteiger partial charge is 0.226 e. The number of aromatic nitrogens is 1. The summed E-state index contributed by atoms with van der Waals surface area (Å²) < 4.78 is 13.8. The van der Waals surface area contributed by atoms with Gasteiger partial charge in [-0.15, -0.1) is 11.3 Å². The van der Waals surface area contributed by atoms with Gasteiger partial charge in [0.15, 0.2) is 0 Å². The predicted octanol–water partition coefficient (Wildman–Crippen LogP) is 5.09. The fourth-order valence-corrected chi connectivity index (χ4v) is 4.23. The number of benzene rings is 2. The van der Waals surface area contributed by atoms with Gasteiger partial charge >= 0.3 is 0 Å². The molecule has 0 fully saturated rings. The molecule has 1 aromatic heterocycles. The summed E-state index contributed by atoms with van der Waals surface area (Å²) in [5.74, 6) is 0.384. The van der Waals surface area contributed by atoms with E-state index in [2.05, 4.69) is 10.3 Å². The van der Waals surface area contributed by atoms with Gasteiger partial charge in [0.05, 0.1) is 12.1 Å². The summed E-state index contributed by atoms with van der Waals surface area (Å²) in [5.41, 5.74) is 2.66. The summed E-state index contributed by atoms with van der Waals surface area (Å²) in [5, 5.41) is 5.39. The lowest BCUT2D eigenvalue weighted by molar-refractivity contribution is -0.120. The molecule has 0 aliphatic carbocycles. The number of hydrogen-bond donors (Lipinski definition) is 1. The highest BCUT2D eigenvalue weighted by molar-refractivity contribution is 8.00. The minimum Gasteiger partial charge on any atom is -0.352 e. The highest BCUT2D eigenvalue weighted by Crippen LogP contribution is 2.26. The SMILES string of the molecule is O=C(Cc1csc(SCc2ccc(F)cc2)n1)NCc1ccccc1Cl. The Labute approximate surface area is 164 Å². The van der Waals surface area contributed by atoms with Crippen molar-refractivity contribution in [1.29, 1.82) is 0 Å². The van der Waals surface area contributed by atoms with Crippen LogP contribution in [0.25, 0.3) is 0 Å². The van der Waals surface area contributed by atoms with Crippen LogP contribution < -0.4 is 5.32 Å². The van der Waals surface area contributed by atoms with Gasteiger partial charge in [0.2, 0.25) is 5.91 Å². The molecule has 0 spiro atoms. The van der Waals surface area contributed by atoms with Gasteiger partial charge in [-0.1, -0.05) is 53.7 Å². The topological polar surface area (TPSA) is 42.0 Å². The number of nitrogens with zero attached hydrogens (tertiary/aromatic N) is 1. The quantitative estimate of drug-likeness (QED) is 0.556. The van der Waals surface area contributed by atoms with Crippen molar-refractivity contribution in [1.82, 2.24) is 10.3 Å². The number of carbonyl (C=O) groups excluding carboxylic acids is 1. The van der Waals surface area contributed by atoms with E-state index in [1.807, 2.05) is 23.6 Å². The van der Waals surface area contributed by atoms with Crippen LogP contribution in [-0.2, 0) is 23.5 Å². The number of halogens is 2. The Kier molecular flexibility index (Phi) is 6.66. The van der Waals surface area contributed by atoms with E-state index in [-0.39, 0.29) is 18.1 Å². The molecule has 7 heteroatoms. The first-order valence-electron chi connectivity index (χ1n) is 7.92. The number of thioether (sulfide) groups is 1. The first kappa shape index (κ1) is 18.9. The van der Waals surface area contributed by atoms with Gasteiger partial charge in [-0.2, -0.15) is 0 Å². The molecule has 1 amide bonds. The lowest BCUT2D eigenvalue weighted by Gasteiger charge is -2.05. The van der Waals surface area contributed by atoms with Gasteiger partial charge in [0.25, 0.3) is 0 Å². The molecule has 3 rings (SSSR count). The van der Waals surface area contributed by atoms with Gasteiger partial charge in [0, 0.05) is 22.7 Å². The molecule has 1 N–H and O–H groups in total. The minimum absolute atomic E-state index is 0.0923. The predicted molar refractivity (Wildman–Crippen MR) is 105 cm³/mol. The van der Waals surface area contributed by atoms with Gasteiger partial charge in [-0.3, -0.25) is 4.79 Å². The number of nitrogens with one attached hydrogen (secondary N) is 1. The average Bonchev–Trinajstić information content (AvgIpc) is 3.08. The van der Waals surface area contributed by atoms with Crippen molar-refractivity contribution >= 4 is 40.6 Å². The zero-order valence-corrected chi connectivity index (χ0v) is 16.1. The van der Waals surface area contributed by atoms with E-state index in [9.17, 15) is 9.18 Å². The molecule has 1 heterocycles. The minimum atomic E-state index is -0.238. The molecule has 3 nitrogen and oxygen atoms in total. The summed E-state index contributed by atoms with van der Waals surface area (Å²) in [4.78, 5) is 16.6. The number of amides is 1. The van der Waals surface area contributed by atoms with Crippen LogP contribution in [0.4, 0.5) is 4.39 Å². The third-order valence-corrected chi connectivity index (χ3v) is 6.09. The molecule has 0 atom stereocenters. The molecule has 26 heavy (non-hydrogen) atoms. The number of thiazole rings is 1. The number of rotatable bonds is 7. The third kappa shape index (κ3) is 5.56. The van der Waals surface area contributed by atoms with Crippen molar-refractivity contribution in [2.75, 3.05) is 0 Å². The molecule has 0 aliphatic heterocycles. The molecule has 0 radical (unpaired) electrons. The maximum absolute atomic E-state index is 12.9. The first-order chi connectivity index (χ1) is 12.6. The fraction of sp³-hybridized carbons (Fsp3) is 0.158. The standard InChI is InChI=1S/C19H16ClFN2OS2/c20-17-4-2-1-3-14(17)10-22-18(24)9-16-12-26-19(23-16)25-11-13-5-7-15(21)8-6-13/h1-8,12H,9-11H2,(H,22,24). The Hall–Kier alpha value is -1.89. The normalized spacial score (nSPS) is 10.7. The Morgan fingerprint density at radius 3 is 2.73 bits per heavy atom. The maximum atomic E-state index is 12.9. The average molecular weight is 407 g/mol. The molecular formula is C19H16ClFN2OS2. The molecule has 0 bridgehead atoms. The van der Waals surface area contributed by atoms with Crippen LogP contribution in [-0.4, -0.2) is 10.9 Å². The van der Waals surface area contributed by atoms with Crippen LogP contribution in [0.2, 0.25) is 5.02 Å². The van der Waals surface area contributed by atoms with Gasteiger partial charge in [-0.05, 0) is 29.3 Å². The Morgan fingerprint density at radius 2 is 1.96 bits per heavy atom. The summed E-state index contributed by atoms with van der Waals surface area (Å²) in [7, 11) is 0. The Bertz CT molecular complexity index is 883. The Balaban J connectivity index is 1.47. The summed E-state index contributed by atoms with van der Waals surface area (Å²) in [6.45, 7) is 0.398. The number of carbonyl (C=O) groups is 1. The molecular weight excluding hydrogens is 391 g/mol. The lowest BCUT2D eigenvalue weighted by atomic mass is 10.2. The Morgan fingerprint density at radius 1 is 1.19 bits per heavy atom. The zero-order valence-electron chi connectivity index (χ0n) is 13.7. The van der Waals surface area contributed by atoms with E-state index in [1.54, 1.807) is 30.0 Å². The van der Waals surface area contributed by atoms with Crippen LogP contribution in [0, 0.1) is 5.82 Å². The van der Waals surface area contributed by atoms with Crippen LogP contribution in [0.1, 0.15) is 16.8 Å². The summed E-state index contributed by atoms with van der Waals surface area (Å²) in [6, 6.07) is 13.9. The second-order valence-corrected chi connectivity index (χ2v) is 8.05. The second kappa shape index (κ2) is 9.16. The summed E-state index contributed by atoms with van der Waals surface area (Å²) in [6.07, 6.45) is 0.234. The molecule has 3 aromatic rings. The maximum Gasteiger partial charge on any atom is 0.226 e. The zero-order chi connectivity index (χ0) is 18.4. The van der Waals surface area contributed by atoms with E-state index in [0.29, 0.717) is 17.3 Å². The van der Waals surface area contributed by atoms with Crippen molar-refractivity contribution in [3.8, 4) is 0 Å². The first-order valence-corrected chi connectivity index (χ1v) is 10.2. The monoisotopic (exact) mass is 406 g/mol. The van der Waals surface area contributed by atoms with Gasteiger partial charge in [0.1, 0.15) is 10.2 Å². The van der Waals surface area contributed by atoms with E-state index in [1.165, 1.54) is 23.5 Å². The van der Waals surface area contributed by atoms with Crippen LogP contribution in [0.15, 0.2) is 58.3 Å². The molecule has 0 aliphatic rings. The molecule has 0 saturated heterocycles. The van der Waals surface area contributed by atoms with Crippen LogP contribution in [0.5, 0.6) is 0 Å². The van der Waals surface area contributed by atoms with E-state index in [0.717, 1.165) is 21.2 Å². The van der Waals surface area contributed by atoms with Crippen molar-refractivity contribution < 1.29 is 9.18 Å². The molecule has 0 unspecified atom stereocenters.